The van der Waals surface area contributed by atoms with Crippen molar-refractivity contribution < 1.29 is 23.2 Å². The summed E-state index contributed by atoms with van der Waals surface area (Å²) < 4.78 is 39.4. The molecule has 0 aliphatic rings. The molecule has 0 unspecified atom stereocenters. The summed E-state index contributed by atoms with van der Waals surface area (Å²) in [5, 5.41) is 20.4. The molecule has 0 saturated heterocycles. The number of aliphatic hydroxyl groups excluding tert-OH is 1. The van der Waals surface area contributed by atoms with Gasteiger partial charge in [-0.05, 0) is 23.8 Å². The van der Waals surface area contributed by atoms with Gasteiger partial charge in [0.25, 0.3) is 0 Å². The van der Waals surface area contributed by atoms with Crippen LogP contribution in [0.5, 0.6) is 0 Å². The number of halogens is 3. The molecule has 9 heteroatoms. The first-order chi connectivity index (χ1) is 11.6. The predicted molar refractivity (Wildman–Crippen MR) is 85.8 cm³/mol. The van der Waals surface area contributed by atoms with E-state index in [0.29, 0.717) is 5.56 Å². The molecule has 0 aliphatic carbocycles. The summed E-state index contributed by atoms with van der Waals surface area (Å²) in [6.45, 7) is -0.692. The summed E-state index contributed by atoms with van der Waals surface area (Å²) >= 11 is 0. The van der Waals surface area contributed by atoms with E-state index < -0.39 is 29.3 Å². The molecule has 0 radical (unpaired) electrons. The third-order valence-electron chi connectivity index (χ3n) is 3.49. The maximum absolute atomic E-state index is 13.1. The first-order valence-corrected chi connectivity index (χ1v) is 7.24. The number of benzene rings is 1. The van der Waals surface area contributed by atoms with E-state index in [4.69, 9.17) is 0 Å². The third-order valence-corrected chi connectivity index (χ3v) is 3.49. The van der Waals surface area contributed by atoms with E-state index in [-0.39, 0.29) is 17.1 Å². The molecular weight excluding hydrogens is 339 g/mol. The quantitative estimate of drug-likeness (QED) is 0.658. The van der Waals surface area contributed by atoms with Gasteiger partial charge >= 0.3 is 6.18 Å². The smallest absolute Gasteiger partial charge is 0.382 e. The van der Waals surface area contributed by atoms with Crippen LogP contribution in [0, 0.1) is 10.1 Å². The summed E-state index contributed by atoms with van der Waals surface area (Å²) in [4.78, 5) is 15.5. The standard InChI is InChI=1S/C16H16F3N3O3/c1-21(2)15-8-12(16(17,18)19)7-13(20-15)10-4-3-5-11(6-10)14(23)9-22(24)25/h3-8,14,23H,9H2,1-2H3/t14-/m1/s1. The number of nitrogens with zero attached hydrogens (tertiary/aromatic N) is 3. The number of pyridine rings is 1. The summed E-state index contributed by atoms with van der Waals surface area (Å²) in [6.07, 6.45) is -5.89. The number of anilines is 1. The molecule has 0 saturated carbocycles. The molecule has 2 aromatic rings. The van der Waals surface area contributed by atoms with Crippen LogP contribution in [0.4, 0.5) is 19.0 Å². The minimum atomic E-state index is -4.54. The molecule has 1 heterocycles. The number of rotatable bonds is 5. The second-order valence-electron chi connectivity index (χ2n) is 5.65. The molecule has 0 aliphatic heterocycles. The van der Waals surface area contributed by atoms with Crippen LogP contribution in [0.15, 0.2) is 36.4 Å². The van der Waals surface area contributed by atoms with Crippen LogP contribution in [0.3, 0.4) is 0 Å². The predicted octanol–water partition coefficient (Wildman–Crippen LogP) is 3.14. The Balaban J connectivity index is 2.50. The van der Waals surface area contributed by atoms with Crippen LogP contribution in [0.1, 0.15) is 17.2 Å². The van der Waals surface area contributed by atoms with Crippen LogP contribution in [-0.4, -0.2) is 35.7 Å². The Labute approximate surface area is 141 Å². The van der Waals surface area contributed by atoms with E-state index in [1.54, 1.807) is 14.1 Å². The van der Waals surface area contributed by atoms with Gasteiger partial charge in [-0.15, -0.1) is 0 Å². The molecule has 0 spiro atoms. The first-order valence-electron chi connectivity index (χ1n) is 7.24. The van der Waals surface area contributed by atoms with Crippen LogP contribution in [-0.2, 0) is 6.18 Å². The van der Waals surface area contributed by atoms with Crippen molar-refractivity contribution in [3.63, 3.8) is 0 Å². The minimum Gasteiger partial charge on any atom is -0.382 e. The third kappa shape index (κ3) is 4.66. The van der Waals surface area contributed by atoms with E-state index in [9.17, 15) is 28.4 Å². The highest BCUT2D eigenvalue weighted by atomic mass is 19.4. The van der Waals surface area contributed by atoms with Crippen molar-refractivity contribution in [3.05, 3.63) is 57.6 Å². The maximum atomic E-state index is 13.1. The summed E-state index contributed by atoms with van der Waals surface area (Å²) in [5.41, 5.74) is -0.222. The average Bonchev–Trinajstić information content (AvgIpc) is 2.53. The van der Waals surface area contributed by atoms with Gasteiger partial charge in [0.1, 0.15) is 11.9 Å². The first kappa shape index (κ1) is 18.7. The van der Waals surface area contributed by atoms with Crippen molar-refractivity contribution >= 4 is 5.82 Å². The second kappa shape index (κ2) is 7.06. The Kier molecular flexibility index (Phi) is 5.27. The molecule has 1 atom stereocenters. The monoisotopic (exact) mass is 355 g/mol. The molecule has 1 aromatic heterocycles. The van der Waals surface area contributed by atoms with Crippen LogP contribution in [0.25, 0.3) is 11.3 Å². The SMILES string of the molecule is CN(C)c1cc(C(F)(F)F)cc(-c2cccc([C@H](O)C[N+](=O)[O-])c2)n1. The zero-order chi connectivity index (χ0) is 18.8. The number of nitro groups is 1. The van der Waals surface area contributed by atoms with Gasteiger partial charge in [0.15, 0.2) is 0 Å². The van der Waals surface area contributed by atoms with Crippen molar-refractivity contribution in [2.75, 3.05) is 25.5 Å². The fourth-order valence-electron chi connectivity index (χ4n) is 2.21. The van der Waals surface area contributed by atoms with Crippen molar-refractivity contribution in [3.8, 4) is 11.3 Å². The van der Waals surface area contributed by atoms with Gasteiger partial charge in [0.05, 0.1) is 11.3 Å². The molecule has 0 bridgehead atoms. The molecule has 1 N–H and O–H groups in total. The lowest BCUT2D eigenvalue weighted by molar-refractivity contribution is -0.491. The van der Waals surface area contributed by atoms with Crippen molar-refractivity contribution in [1.29, 1.82) is 0 Å². The average molecular weight is 355 g/mol. The van der Waals surface area contributed by atoms with Gasteiger partial charge in [0.2, 0.25) is 6.54 Å². The fraction of sp³-hybridized carbons (Fsp3) is 0.312. The number of hydrogen-bond acceptors (Lipinski definition) is 5. The van der Waals surface area contributed by atoms with E-state index in [1.165, 1.54) is 29.2 Å². The van der Waals surface area contributed by atoms with Gasteiger partial charge in [-0.2, -0.15) is 13.2 Å². The lowest BCUT2D eigenvalue weighted by Gasteiger charge is -2.17. The van der Waals surface area contributed by atoms with Crippen LogP contribution < -0.4 is 4.90 Å². The summed E-state index contributed by atoms with van der Waals surface area (Å²) in [5.74, 6) is 0.126. The van der Waals surface area contributed by atoms with E-state index in [2.05, 4.69) is 4.98 Å². The minimum absolute atomic E-state index is 0.0636. The Morgan fingerprint density at radius 3 is 2.52 bits per heavy atom. The molecule has 134 valence electrons. The van der Waals surface area contributed by atoms with Gasteiger partial charge in [-0.25, -0.2) is 4.98 Å². The number of alkyl halides is 3. The van der Waals surface area contributed by atoms with Crippen molar-refractivity contribution in [2.24, 2.45) is 0 Å². The topological polar surface area (TPSA) is 79.5 Å². The lowest BCUT2D eigenvalue weighted by Crippen LogP contribution is -2.14. The highest BCUT2D eigenvalue weighted by Crippen LogP contribution is 2.34. The molecule has 1 aromatic carbocycles. The molecule has 0 amide bonds. The van der Waals surface area contributed by atoms with Gasteiger partial charge in [0, 0.05) is 24.6 Å². The van der Waals surface area contributed by atoms with Crippen LogP contribution >= 0.6 is 0 Å². The fourth-order valence-corrected chi connectivity index (χ4v) is 2.21. The Bertz CT molecular complexity index is 779. The van der Waals surface area contributed by atoms with Crippen molar-refractivity contribution in [1.82, 2.24) is 4.98 Å². The number of aromatic nitrogens is 1. The van der Waals surface area contributed by atoms with E-state index in [0.717, 1.165) is 12.1 Å². The largest absolute Gasteiger partial charge is 0.416 e. The van der Waals surface area contributed by atoms with Gasteiger partial charge < -0.3 is 10.0 Å². The molecular formula is C16H16F3N3O3. The number of aliphatic hydroxyl groups is 1. The zero-order valence-electron chi connectivity index (χ0n) is 13.5. The highest BCUT2D eigenvalue weighted by Gasteiger charge is 2.32. The normalized spacial score (nSPS) is 12.7. The Hall–Kier alpha value is -2.68. The molecule has 2 rings (SSSR count). The maximum Gasteiger partial charge on any atom is 0.416 e. The Morgan fingerprint density at radius 2 is 1.96 bits per heavy atom. The lowest BCUT2D eigenvalue weighted by atomic mass is 10.0. The molecule has 25 heavy (non-hydrogen) atoms. The highest BCUT2D eigenvalue weighted by molar-refractivity contribution is 5.64. The van der Waals surface area contributed by atoms with E-state index >= 15 is 0 Å². The zero-order valence-corrected chi connectivity index (χ0v) is 13.5. The molecule has 6 nitrogen and oxygen atoms in total. The van der Waals surface area contributed by atoms with Gasteiger partial charge in [-0.1, -0.05) is 18.2 Å². The van der Waals surface area contributed by atoms with Crippen LogP contribution in [0.2, 0.25) is 0 Å². The van der Waals surface area contributed by atoms with E-state index in [1.807, 2.05) is 0 Å². The second-order valence-corrected chi connectivity index (χ2v) is 5.65. The molecule has 0 fully saturated rings. The Morgan fingerprint density at radius 1 is 1.28 bits per heavy atom. The summed E-state index contributed by atoms with van der Waals surface area (Å²) in [7, 11) is 3.15. The summed E-state index contributed by atoms with van der Waals surface area (Å²) in [6, 6.07) is 7.75. The van der Waals surface area contributed by atoms with Crippen molar-refractivity contribution in [2.45, 2.75) is 12.3 Å². The van der Waals surface area contributed by atoms with Gasteiger partial charge in [-0.3, -0.25) is 10.1 Å². The number of hydrogen-bond donors (Lipinski definition) is 1.